The normalized spacial score (nSPS) is 30.1. The first-order valence-corrected chi connectivity index (χ1v) is 5.72. The Hall–Kier alpha value is -1.06. The zero-order chi connectivity index (χ0) is 11.6. The molecule has 1 aliphatic carbocycles. The van der Waals surface area contributed by atoms with Crippen LogP contribution in [0.15, 0.2) is 24.3 Å². The molecule has 1 aliphatic rings. The second kappa shape index (κ2) is 4.44. The van der Waals surface area contributed by atoms with E-state index in [2.05, 4.69) is 0 Å². The highest BCUT2D eigenvalue weighted by Crippen LogP contribution is 2.37. The van der Waals surface area contributed by atoms with Crippen LogP contribution >= 0.6 is 0 Å². The molecule has 2 atom stereocenters. The van der Waals surface area contributed by atoms with Crippen LogP contribution in [0.4, 0.5) is 0 Å². The summed E-state index contributed by atoms with van der Waals surface area (Å²) in [6.07, 6.45) is 2.58. The summed E-state index contributed by atoms with van der Waals surface area (Å²) in [5.41, 5.74) is -0.301. The second-order valence-electron chi connectivity index (χ2n) is 4.41. The first-order chi connectivity index (χ1) is 7.66. The van der Waals surface area contributed by atoms with Crippen LogP contribution in [-0.4, -0.2) is 23.4 Å². The minimum Gasteiger partial charge on any atom is -0.497 e. The highest BCUT2D eigenvalue weighted by atomic mass is 16.5. The van der Waals surface area contributed by atoms with Gasteiger partial charge in [0, 0.05) is 0 Å². The molecular weight excluding hydrogens is 204 g/mol. The molecule has 0 unspecified atom stereocenters. The summed E-state index contributed by atoms with van der Waals surface area (Å²) in [6.45, 7) is 0. The third-order valence-corrected chi connectivity index (χ3v) is 3.43. The average molecular weight is 222 g/mol. The molecule has 16 heavy (non-hydrogen) atoms. The SMILES string of the molecule is COc1ccc([C@@]2(O)CCCC[C@@H]2O)cc1. The fraction of sp³-hybridized carbons (Fsp3) is 0.538. The molecule has 2 N–H and O–H groups in total. The van der Waals surface area contributed by atoms with Crippen molar-refractivity contribution in [2.24, 2.45) is 0 Å². The number of hydrogen-bond acceptors (Lipinski definition) is 3. The van der Waals surface area contributed by atoms with Gasteiger partial charge in [0.1, 0.15) is 11.4 Å². The first-order valence-electron chi connectivity index (χ1n) is 5.72. The summed E-state index contributed by atoms with van der Waals surface area (Å²) in [5.74, 6) is 0.762. The molecule has 0 bridgehead atoms. The first kappa shape index (κ1) is 11.4. The van der Waals surface area contributed by atoms with Gasteiger partial charge in [0.15, 0.2) is 0 Å². The van der Waals surface area contributed by atoms with E-state index in [1.54, 1.807) is 7.11 Å². The summed E-state index contributed by atoms with van der Waals surface area (Å²) >= 11 is 0. The van der Waals surface area contributed by atoms with Gasteiger partial charge < -0.3 is 14.9 Å². The maximum Gasteiger partial charge on any atom is 0.118 e. The van der Waals surface area contributed by atoms with Gasteiger partial charge >= 0.3 is 0 Å². The van der Waals surface area contributed by atoms with Crippen molar-refractivity contribution >= 4 is 0 Å². The van der Waals surface area contributed by atoms with Crippen molar-refractivity contribution in [3.05, 3.63) is 29.8 Å². The average Bonchev–Trinajstić information content (AvgIpc) is 2.33. The summed E-state index contributed by atoms with van der Waals surface area (Å²) in [5, 5.41) is 20.4. The van der Waals surface area contributed by atoms with Crippen molar-refractivity contribution in [3.63, 3.8) is 0 Å². The molecule has 2 rings (SSSR count). The molecule has 88 valence electrons. The van der Waals surface area contributed by atoms with E-state index in [0.717, 1.165) is 24.2 Å². The largest absolute Gasteiger partial charge is 0.497 e. The Morgan fingerprint density at radius 3 is 2.50 bits per heavy atom. The maximum absolute atomic E-state index is 10.5. The predicted octanol–water partition coefficient (Wildman–Crippen LogP) is 1.82. The Labute approximate surface area is 95.7 Å². The van der Waals surface area contributed by atoms with Crippen molar-refractivity contribution in [1.82, 2.24) is 0 Å². The standard InChI is InChI=1S/C13H18O3/c1-16-11-7-5-10(6-8-11)13(15)9-3-2-4-12(13)14/h5-8,12,14-15H,2-4,9H2,1H3/t12-,13-/m0/s1. The second-order valence-corrected chi connectivity index (χ2v) is 4.41. The lowest BCUT2D eigenvalue weighted by Crippen LogP contribution is -2.42. The van der Waals surface area contributed by atoms with Crippen LogP contribution in [-0.2, 0) is 5.60 Å². The van der Waals surface area contributed by atoms with E-state index in [1.165, 1.54) is 0 Å². The van der Waals surface area contributed by atoms with E-state index in [1.807, 2.05) is 24.3 Å². The van der Waals surface area contributed by atoms with Crippen molar-refractivity contribution in [2.45, 2.75) is 37.4 Å². The number of aliphatic hydroxyl groups is 2. The molecule has 0 amide bonds. The molecular formula is C13H18O3. The highest BCUT2D eigenvalue weighted by Gasteiger charge is 2.39. The van der Waals surface area contributed by atoms with E-state index in [4.69, 9.17) is 4.74 Å². The van der Waals surface area contributed by atoms with E-state index in [9.17, 15) is 10.2 Å². The summed E-state index contributed by atoms with van der Waals surface area (Å²) in [6, 6.07) is 7.28. The smallest absolute Gasteiger partial charge is 0.118 e. The highest BCUT2D eigenvalue weighted by molar-refractivity contribution is 5.31. The Kier molecular flexibility index (Phi) is 3.17. The van der Waals surface area contributed by atoms with Crippen LogP contribution in [0.3, 0.4) is 0 Å². The molecule has 0 spiro atoms. The minimum atomic E-state index is -1.08. The van der Waals surface area contributed by atoms with Crippen LogP contribution in [0.5, 0.6) is 5.75 Å². The summed E-state index contributed by atoms with van der Waals surface area (Å²) < 4.78 is 5.07. The van der Waals surface area contributed by atoms with Crippen LogP contribution in [0, 0.1) is 0 Å². The molecule has 0 saturated heterocycles. The fourth-order valence-corrected chi connectivity index (χ4v) is 2.35. The van der Waals surface area contributed by atoms with E-state index in [0.29, 0.717) is 12.8 Å². The molecule has 3 nitrogen and oxygen atoms in total. The van der Waals surface area contributed by atoms with Crippen molar-refractivity contribution in [2.75, 3.05) is 7.11 Å². The molecule has 1 aromatic rings. The van der Waals surface area contributed by atoms with E-state index >= 15 is 0 Å². The lowest BCUT2D eigenvalue weighted by Gasteiger charge is -2.37. The molecule has 1 aromatic carbocycles. The minimum absolute atomic E-state index is 0.625. The van der Waals surface area contributed by atoms with Gasteiger partial charge in [0.25, 0.3) is 0 Å². The number of methoxy groups -OCH3 is 1. The fourth-order valence-electron chi connectivity index (χ4n) is 2.35. The van der Waals surface area contributed by atoms with Gasteiger partial charge in [-0.1, -0.05) is 25.0 Å². The van der Waals surface area contributed by atoms with Gasteiger partial charge in [-0.2, -0.15) is 0 Å². The van der Waals surface area contributed by atoms with Gasteiger partial charge in [0.05, 0.1) is 13.2 Å². The topological polar surface area (TPSA) is 49.7 Å². The van der Waals surface area contributed by atoms with Crippen molar-refractivity contribution in [1.29, 1.82) is 0 Å². The van der Waals surface area contributed by atoms with Gasteiger partial charge in [-0.05, 0) is 30.5 Å². The van der Waals surface area contributed by atoms with Gasteiger partial charge in [-0.15, -0.1) is 0 Å². The van der Waals surface area contributed by atoms with Crippen LogP contribution in [0.1, 0.15) is 31.2 Å². The molecule has 1 fully saturated rings. The van der Waals surface area contributed by atoms with Crippen LogP contribution in [0.25, 0.3) is 0 Å². The zero-order valence-electron chi connectivity index (χ0n) is 9.52. The number of rotatable bonds is 2. The van der Waals surface area contributed by atoms with Crippen molar-refractivity contribution < 1.29 is 14.9 Å². The summed E-state index contributed by atoms with van der Waals surface area (Å²) in [7, 11) is 1.61. The van der Waals surface area contributed by atoms with Gasteiger partial charge in [0.2, 0.25) is 0 Å². The lowest BCUT2D eigenvalue weighted by atomic mass is 9.77. The number of benzene rings is 1. The Morgan fingerprint density at radius 1 is 1.25 bits per heavy atom. The van der Waals surface area contributed by atoms with Gasteiger partial charge in [-0.3, -0.25) is 0 Å². The van der Waals surface area contributed by atoms with Crippen LogP contribution < -0.4 is 4.74 Å². The van der Waals surface area contributed by atoms with E-state index < -0.39 is 11.7 Å². The predicted molar refractivity (Wildman–Crippen MR) is 61.4 cm³/mol. The van der Waals surface area contributed by atoms with Gasteiger partial charge in [-0.25, -0.2) is 0 Å². The lowest BCUT2D eigenvalue weighted by molar-refractivity contribution is -0.106. The molecule has 1 saturated carbocycles. The Balaban J connectivity index is 2.26. The molecule has 0 aliphatic heterocycles. The monoisotopic (exact) mass is 222 g/mol. The van der Waals surface area contributed by atoms with E-state index in [-0.39, 0.29) is 0 Å². The molecule has 0 heterocycles. The Bertz CT molecular complexity index is 347. The molecule has 0 radical (unpaired) electrons. The number of hydrogen-bond donors (Lipinski definition) is 2. The Morgan fingerprint density at radius 2 is 1.94 bits per heavy atom. The summed E-state index contributed by atoms with van der Waals surface area (Å²) in [4.78, 5) is 0. The zero-order valence-corrected chi connectivity index (χ0v) is 9.52. The molecule has 0 aromatic heterocycles. The van der Waals surface area contributed by atoms with Crippen molar-refractivity contribution in [3.8, 4) is 5.75 Å². The maximum atomic E-state index is 10.5. The quantitative estimate of drug-likeness (QED) is 0.802. The number of ether oxygens (including phenoxy) is 1. The number of aliphatic hydroxyl groups excluding tert-OH is 1. The third kappa shape index (κ3) is 1.93. The molecule has 3 heteroatoms. The third-order valence-electron chi connectivity index (χ3n) is 3.43. The van der Waals surface area contributed by atoms with Crippen LogP contribution in [0.2, 0.25) is 0 Å².